The van der Waals surface area contributed by atoms with Crippen LogP contribution in [0.3, 0.4) is 0 Å². The van der Waals surface area contributed by atoms with E-state index in [2.05, 4.69) is 27.3 Å². The summed E-state index contributed by atoms with van der Waals surface area (Å²) in [5.74, 6) is -0.601. The first-order chi connectivity index (χ1) is 17.5. The van der Waals surface area contributed by atoms with Gasteiger partial charge in [0.2, 0.25) is 5.91 Å². The first kappa shape index (κ1) is 22.1. The summed E-state index contributed by atoms with van der Waals surface area (Å²) in [6.07, 6.45) is 0. The minimum Gasteiger partial charge on any atom is -0.384 e. The van der Waals surface area contributed by atoms with E-state index in [1.165, 1.54) is 0 Å². The molecule has 2 amide bonds. The maximum atomic E-state index is 14.2. The van der Waals surface area contributed by atoms with Crippen LogP contribution in [0.4, 0.5) is 11.4 Å². The van der Waals surface area contributed by atoms with Crippen LogP contribution in [0.2, 0.25) is 0 Å². The lowest BCUT2D eigenvalue weighted by molar-refractivity contribution is -0.128. The molecule has 0 saturated heterocycles. The Labute approximate surface area is 216 Å². The Balaban J connectivity index is 1.60. The number of nitrogens with one attached hydrogen (secondary N) is 1. The number of nitriles is 1. The Morgan fingerprint density at radius 1 is 1.03 bits per heavy atom. The van der Waals surface area contributed by atoms with Gasteiger partial charge in [0.25, 0.3) is 5.91 Å². The van der Waals surface area contributed by atoms with E-state index < -0.39 is 11.3 Å². The Hall–Kier alpha value is -4.35. The number of fused-ring (bicyclic) bond motifs is 3. The number of hydrogen-bond acceptors (Lipinski definition) is 5. The molecule has 7 nitrogen and oxygen atoms in total. The average molecular weight is 538 g/mol. The number of nitrogens with two attached hydrogens (primary N) is 1. The topological polar surface area (TPSA) is 102 Å². The van der Waals surface area contributed by atoms with Crippen LogP contribution in [0, 0.1) is 11.3 Å². The molecule has 36 heavy (non-hydrogen) atoms. The summed E-state index contributed by atoms with van der Waals surface area (Å²) in [7, 11) is 0. The summed E-state index contributed by atoms with van der Waals surface area (Å²) in [5, 5.41) is 13.3. The molecule has 0 radical (unpaired) electrons. The number of halogens is 1. The molecular formula is C28H20BrN5O2. The molecule has 0 bridgehead atoms. The summed E-state index contributed by atoms with van der Waals surface area (Å²) >= 11 is 3.51. The lowest BCUT2D eigenvalue weighted by atomic mass is 9.67. The summed E-state index contributed by atoms with van der Waals surface area (Å²) in [6.45, 7) is 0.603. The molecule has 1 unspecified atom stereocenters. The van der Waals surface area contributed by atoms with Crippen LogP contribution < -0.4 is 16.0 Å². The molecule has 3 aliphatic rings. The number of benzene rings is 3. The van der Waals surface area contributed by atoms with E-state index in [0.717, 1.165) is 10.0 Å². The van der Waals surface area contributed by atoms with Crippen LogP contribution in [-0.2, 0) is 21.5 Å². The SMILES string of the molecule is N#CC1=C(N)N(c2cccc(Br)c2)C2=C(C(=O)N(Cc3ccccc3)C2)C12C(=O)Nc1ccccc12. The van der Waals surface area contributed by atoms with E-state index in [1.54, 1.807) is 34.1 Å². The van der Waals surface area contributed by atoms with E-state index in [9.17, 15) is 14.9 Å². The van der Waals surface area contributed by atoms with Gasteiger partial charge in [-0.1, -0.05) is 70.5 Å². The minimum absolute atomic E-state index is 0.0404. The van der Waals surface area contributed by atoms with Gasteiger partial charge in [-0.15, -0.1) is 0 Å². The van der Waals surface area contributed by atoms with Gasteiger partial charge in [-0.05, 0) is 29.8 Å². The van der Waals surface area contributed by atoms with Gasteiger partial charge in [0.15, 0.2) is 0 Å². The maximum Gasteiger partial charge on any atom is 0.254 e. The molecule has 1 atom stereocenters. The second kappa shape index (κ2) is 8.11. The van der Waals surface area contributed by atoms with Crippen molar-refractivity contribution in [2.75, 3.05) is 16.8 Å². The zero-order valence-electron chi connectivity index (χ0n) is 19.0. The molecule has 3 N–H and O–H groups in total. The highest BCUT2D eigenvalue weighted by Gasteiger charge is 2.62. The third-order valence-electron chi connectivity index (χ3n) is 6.96. The summed E-state index contributed by atoms with van der Waals surface area (Å²) < 4.78 is 0.822. The Morgan fingerprint density at radius 2 is 1.78 bits per heavy atom. The van der Waals surface area contributed by atoms with Gasteiger partial charge in [0.05, 0.1) is 23.4 Å². The number of carbonyl (C=O) groups excluding carboxylic acids is 2. The highest BCUT2D eigenvalue weighted by Crippen LogP contribution is 2.55. The minimum atomic E-state index is -1.62. The largest absolute Gasteiger partial charge is 0.384 e. The summed E-state index contributed by atoms with van der Waals surface area (Å²) in [5.41, 5.74) is 8.79. The van der Waals surface area contributed by atoms with Crippen molar-refractivity contribution in [2.45, 2.75) is 12.0 Å². The number of anilines is 2. The molecule has 6 rings (SSSR count). The number of amides is 2. The van der Waals surface area contributed by atoms with Crippen molar-refractivity contribution >= 4 is 39.1 Å². The highest BCUT2D eigenvalue weighted by molar-refractivity contribution is 9.10. The van der Waals surface area contributed by atoms with Gasteiger partial charge < -0.3 is 16.0 Å². The van der Waals surface area contributed by atoms with Crippen molar-refractivity contribution in [3.8, 4) is 6.07 Å². The molecule has 3 aromatic rings. The van der Waals surface area contributed by atoms with E-state index >= 15 is 0 Å². The van der Waals surface area contributed by atoms with Crippen molar-refractivity contribution < 1.29 is 9.59 Å². The van der Waals surface area contributed by atoms with Crippen LogP contribution in [0.1, 0.15) is 11.1 Å². The number of rotatable bonds is 3. The molecule has 176 valence electrons. The third-order valence-corrected chi connectivity index (χ3v) is 7.45. The van der Waals surface area contributed by atoms with Crippen molar-refractivity contribution in [3.05, 3.63) is 117 Å². The molecule has 3 aromatic carbocycles. The molecule has 0 saturated carbocycles. The predicted octanol–water partition coefficient (Wildman–Crippen LogP) is 4.15. The lowest BCUT2D eigenvalue weighted by Crippen LogP contribution is -2.48. The fourth-order valence-corrected chi connectivity index (χ4v) is 5.87. The summed E-state index contributed by atoms with van der Waals surface area (Å²) in [4.78, 5) is 31.4. The fraction of sp³-hybridized carbons (Fsp3) is 0.107. The Morgan fingerprint density at radius 3 is 2.53 bits per heavy atom. The first-order valence-corrected chi connectivity index (χ1v) is 12.2. The molecule has 3 heterocycles. The van der Waals surface area contributed by atoms with E-state index in [0.29, 0.717) is 29.2 Å². The smallest absolute Gasteiger partial charge is 0.254 e. The van der Waals surface area contributed by atoms with Crippen LogP contribution in [0.5, 0.6) is 0 Å². The zero-order chi connectivity index (χ0) is 25.0. The molecular weight excluding hydrogens is 518 g/mol. The Kier molecular flexibility index (Phi) is 4.99. The normalized spacial score (nSPS) is 20.6. The second-order valence-corrected chi connectivity index (χ2v) is 9.82. The van der Waals surface area contributed by atoms with Crippen molar-refractivity contribution in [1.29, 1.82) is 5.26 Å². The average Bonchev–Trinajstić information content (AvgIpc) is 3.34. The number of nitrogens with zero attached hydrogens (tertiary/aromatic N) is 3. The monoisotopic (exact) mass is 537 g/mol. The van der Waals surface area contributed by atoms with Gasteiger partial charge in [-0.3, -0.25) is 14.5 Å². The highest BCUT2D eigenvalue weighted by atomic mass is 79.9. The third kappa shape index (κ3) is 2.96. The molecule has 3 aliphatic heterocycles. The van der Waals surface area contributed by atoms with Crippen molar-refractivity contribution in [3.63, 3.8) is 0 Å². The molecule has 1 spiro atoms. The second-order valence-electron chi connectivity index (χ2n) is 8.91. The Bertz CT molecular complexity index is 1560. The maximum absolute atomic E-state index is 14.2. The molecule has 8 heteroatoms. The standard InChI is InChI=1S/C28H20BrN5O2/c29-18-9-6-10-19(13-18)34-23-16-33(15-17-7-2-1-3-8-17)26(35)24(23)28(21(14-30)25(34)31)20-11-4-5-12-22(20)32-27(28)36/h1-13H,15-16,31H2,(H,32,36). The zero-order valence-corrected chi connectivity index (χ0v) is 20.6. The van der Waals surface area contributed by atoms with Crippen LogP contribution in [-0.4, -0.2) is 23.3 Å². The molecule has 0 aromatic heterocycles. The van der Waals surface area contributed by atoms with Gasteiger partial charge in [-0.25, -0.2) is 0 Å². The van der Waals surface area contributed by atoms with E-state index in [-0.39, 0.29) is 29.4 Å². The van der Waals surface area contributed by atoms with Crippen molar-refractivity contribution in [2.24, 2.45) is 5.73 Å². The predicted molar refractivity (Wildman–Crippen MR) is 139 cm³/mol. The van der Waals surface area contributed by atoms with Gasteiger partial charge in [0, 0.05) is 28.0 Å². The van der Waals surface area contributed by atoms with E-state index in [1.807, 2.05) is 54.6 Å². The summed E-state index contributed by atoms with van der Waals surface area (Å²) in [6, 6.07) is 26.5. The van der Waals surface area contributed by atoms with Gasteiger partial charge in [0.1, 0.15) is 17.3 Å². The number of para-hydroxylation sites is 1. The van der Waals surface area contributed by atoms with Gasteiger partial charge >= 0.3 is 0 Å². The van der Waals surface area contributed by atoms with E-state index in [4.69, 9.17) is 5.73 Å². The number of hydrogen-bond donors (Lipinski definition) is 2. The van der Waals surface area contributed by atoms with Crippen LogP contribution in [0.15, 0.2) is 106 Å². The fourth-order valence-electron chi connectivity index (χ4n) is 5.48. The van der Waals surface area contributed by atoms with Gasteiger partial charge in [-0.2, -0.15) is 5.26 Å². The molecule has 0 fully saturated rings. The van der Waals surface area contributed by atoms with Crippen molar-refractivity contribution in [1.82, 2.24) is 4.90 Å². The quantitative estimate of drug-likeness (QED) is 0.522. The van der Waals surface area contributed by atoms with Crippen LogP contribution in [0.25, 0.3) is 0 Å². The lowest BCUT2D eigenvalue weighted by Gasteiger charge is -2.38. The molecule has 0 aliphatic carbocycles. The number of carbonyl (C=O) groups is 2. The first-order valence-electron chi connectivity index (χ1n) is 11.4. The van der Waals surface area contributed by atoms with Crippen LogP contribution >= 0.6 is 15.9 Å².